The zero-order chi connectivity index (χ0) is 24.5. The van der Waals surface area contributed by atoms with E-state index in [0.717, 1.165) is 31.6 Å². The van der Waals surface area contributed by atoms with Crippen LogP contribution in [0.4, 0.5) is 0 Å². The molecule has 1 aliphatic rings. The first kappa shape index (κ1) is 23.9. The smallest absolute Gasteiger partial charge is 0.305 e. The molecule has 34 heavy (non-hydrogen) atoms. The molecular formula is C25H33N5O4. The van der Waals surface area contributed by atoms with Crippen molar-refractivity contribution in [2.45, 2.75) is 66.3 Å². The largest absolute Gasteiger partial charge is 0.454 e. The van der Waals surface area contributed by atoms with Crippen molar-refractivity contribution in [1.29, 1.82) is 0 Å². The summed E-state index contributed by atoms with van der Waals surface area (Å²) in [6.07, 6.45) is 2.69. The molecule has 1 fully saturated rings. The number of rotatable bonds is 8. The van der Waals surface area contributed by atoms with Crippen LogP contribution in [-0.4, -0.2) is 39.9 Å². The van der Waals surface area contributed by atoms with Crippen LogP contribution in [0.25, 0.3) is 11.1 Å². The van der Waals surface area contributed by atoms with Gasteiger partial charge in [0.2, 0.25) is 0 Å². The van der Waals surface area contributed by atoms with Crippen molar-refractivity contribution in [1.82, 2.24) is 25.9 Å². The molecule has 0 atom stereocenters. The summed E-state index contributed by atoms with van der Waals surface area (Å²) in [4.78, 5) is 32.6. The molecule has 0 radical (unpaired) electrons. The number of pyridine rings is 1. The number of hydrogen-bond donors (Lipinski definition) is 2. The molecule has 182 valence electrons. The van der Waals surface area contributed by atoms with Gasteiger partial charge in [0.1, 0.15) is 5.76 Å². The molecule has 0 saturated heterocycles. The fraction of sp³-hybridized carbons (Fsp3) is 0.520. The third kappa shape index (κ3) is 5.47. The van der Waals surface area contributed by atoms with E-state index in [1.165, 1.54) is 0 Å². The summed E-state index contributed by atoms with van der Waals surface area (Å²) in [6, 6.07) is 5.18. The van der Waals surface area contributed by atoms with Gasteiger partial charge in [-0.15, -0.1) is 0 Å². The van der Waals surface area contributed by atoms with Gasteiger partial charge < -0.3 is 8.94 Å². The van der Waals surface area contributed by atoms with Crippen LogP contribution in [0.2, 0.25) is 0 Å². The van der Waals surface area contributed by atoms with Gasteiger partial charge >= 0.3 is 5.91 Å². The third-order valence-electron chi connectivity index (χ3n) is 5.92. The summed E-state index contributed by atoms with van der Waals surface area (Å²) in [6.45, 7) is 12.8. The molecule has 4 rings (SSSR count). The molecule has 0 spiro atoms. The van der Waals surface area contributed by atoms with E-state index in [2.05, 4.69) is 60.5 Å². The van der Waals surface area contributed by atoms with Crippen LogP contribution in [0.15, 0.2) is 27.1 Å². The lowest BCUT2D eigenvalue weighted by Crippen LogP contribution is -2.41. The highest BCUT2D eigenvalue weighted by Crippen LogP contribution is 2.40. The first-order valence-electron chi connectivity index (χ1n) is 11.9. The van der Waals surface area contributed by atoms with Crippen LogP contribution >= 0.6 is 0 Å². The van der Waals surface area contributed by atoms with E-state index in [1.807, 2.05) is 0 Å². The molecule has 0 bridgehead atoms. The molecule has 2 N–H and O–H groups in total. The SMILES string of the molecule is CCN(CC)Cc1ccc(C(=O)NNC(=O)c2cc(C3CC3)nc3onc(CC(C)(C)C)c23)o1. The molecule has 1 aliphatic carbocycles. The lowest BCUT2D eigenvalue weighted by atomic mass is 9.89. The zero-order valence-corrected chi connectivity index (χ0v) is 20.5. The predicted octanol–water partition coefficient (Wildman–Crippen LogP) is 4.20. The second kappa shape index (κ2) is 9.58. The van der Waals surface area contributed by atoms with Crippen LogP contribution in [0.3, 0.4) is 0 Å². The van der Waals surface area contributed by atoms with Crippen molar-refractivity contribution in [2.75, 3.05) is 13.1 Å². The van der Waals surface area contributed by atoms with Gasteiger partial charge in [-0.2, -0.15) is 0 Å². The third-order valence-corrected chi connectivity index (χ3v) is 5.92. The second-order valence-electron chi connectivity index (χ2n) is 10.1. The maximum atomic E-state index is 13.2. The first-order valence-corrected chi connectivity index (χ1v) is 11.9. The predicted molar refractivity (Wildman–Crippen MR) is 127 cm³/mol. The number of fused-ring (bicyclic) bond motifs is 1. The Balaban J connectivity index is 1.52. The molecule has 2 amide bonds. The number of hydrogen-bond acceptors (Lipinski definition) is 7. The number of aromatic nitrogens is 2. The van der Waals surface area contributed by atoms with Crippen molar-refractivity contribution in [3.8, 4) is 0 Å². The summed E-state index contributed by atoms with van der Waals surface area (Å²) in [5.41, 5.74) is 7.18. The van der Waals surface area contributed by atoms with Crippen LogP contribution in [0, 0.1) is 5.41 Å². The Morgan fingerprint density at radius 2 is 1.82 bits per heavy atom. The van der Waals surface area contributed by atoms with Gasteiger partial charge in [-0.1, -0.05) is 39.8 Å². The summed E-state index contributed by atoms with van der Waals surface area (Å²) in [5, 5.41) is 4.79. The molecular weight excluding hydrogens is 434 g/mol. The van der Waals surface area contributed by atoms with Crippen LogP contribution in [0.5, 0.6) is 0 Å². The highest BCUT2D eigenvalue weighted by molar-refractivity contribution is 6.07. The topological polar surface area (TPSA) is 114 Å². The van der Waals surface area contributed by atoms with Gasteiger partial charge in [0.15, 0.2) is 5.76 Å². The highest BCUT2D eigenvalue weighted by atomic mass is 16.5. The number of hydrazine groups is 1. The Hall–Kier alpha value is -3.20. The zero-order valence-electron chi connectivity index (χ0n) is 20.5. The van der Waals surface area contributed by atoms with Crippen molar-refractivity contribution in [2.24, 2.45) is 5.41 Å². The maximum Gasteiger partial charge on any atom is 0.305 e. The van der Waals surface area contributed by atoms with E-state index in [-0.39, 0.29) is 11.2 Å². The number of nitrogens with one attached hydrogen (secondary N) is 2. The molecule has 0 unspecified atom stereocenters. The van der Waals surface area contributed by atoms with E-state index in [0.29, 0.717) is 47.0 Å². The summed E-state index contributed by atoms with van der Waals surface area (Å²) >= 11 is 0. The Morgan fingerprint density at radius 3 is 2.47 bits per heavy atom. The maximum absolute atomic E-state index is 13.2. The second-order valence-corrected chi connectivity index (χ2v) is 10.1. The Morgan fingerprint density at radius 1 is 1.12 bits per heavy atom. The van der Waals surface area contributed by atoms with Crippen LogP contribution in [-0.2, 0) is 13.0 Å². The van der Waals surface area contributed by atoms with Gasteiger partial charge in [-0.25, -0.2) is 4.98 Å². The Bertz CT molecular complexity index is 1180. The average molecular weight is 468 g/mol. The van der Waals surface area contributed by atoms with Crippen molar-refractivity contribution in [3.05, 3.63) is 46.7 Å². The summed E-state index contributed by atoms with van der Waals surface area (Å²) in [7, 11) is 0. The molecule has 3 aromatic heterocycles. The molecule has 9 heteroatoms. The van der Waals surface area contributed by atoms with E-state index in [1.54, 1.807) is 18.2 Å². The quantitative estimate of drug-likeness (QED) is 0.477. The summed E-state index contributed by atoms with van der Waals surface area (Å²) in [5.74, 6) is 0.192. The minimum atomic E-state index is -0.521. The number of nitrogens with zero attached hydrogens (tertiary/aromatic N) is 3. The Labute approximate surface area is 199 Å². The van der Waals surface area contributed by atoms with E-state index >= 15 is 0 Å². The van der Waals surface area contributed by atoms with Gasteiger partial charge in [0.05, 0.1) is 23.2 Å². The van der Waals surface area contributed by atoms with Crippen LogP contribution in [0.1, 0.15) is 91.4 Å². The lowest BCUT2D eigenvalue weighted by Gasteiger charge is -2.16. The van der Waals surface area contributed by atoms with Crippen molar-refractivity contribution >= 4 is 22.9 Å². The molecule has 3 heterocycles. The normalized spacial score (nSPS) is 14.1. The van der Waals surface area contributed by atoms with E-state index in [4.69, 9.17) is 8.94 Å². The molecule has 0 aliphatic heterocycles. The average Bonchev–Trinajstić information content (AvgIpc) is 3.42. The minimum Gasteiger partial charge on any atom is -0.454 e. The number of amides is 2. The number of carbonyl (C=O) groups excluding carboxylic acids is 2. The minimum absolute atomic E-state index is 0.0525. The standard InChI is InChI=1S/C25H33N5O4/c1-6-30(7-2)14-16-10-11-20(33-16)23(32)28-27-22(31)17-12-18(15-8-9-15)26-24-21(17)19(29-34-24)13-25(3,4)5/h10-12,15H,6-9,13-14H2,1-5H3,(H,27,31)(H,28,32). The highest BCUT2D eigenvalue weighted by Gasteiger charge is 2.30. The van der Waals surface area contributed by atoms with E-state index in [9.17, 15) is 9.59 Å². The molecule has 0 aromatic carbocycles. The van der Waals surface area contributed by atoms with Crippen molar-refractivity contribution in [3.63, 3.8) is 0 Å². The Kier molecular flexibility index (Phi) is 6.74. The lowest BCUT2D eigenvalue weighted by molar-refractivity contribution is 0.0829. The molecule has 1 saturated carbocycles. The number of carbonyl (C=O) groups is 2. The van der Waals surface area contributed by atoms with Gasteiger partial charge in [-0.3, -0.25) is 25.3 Å². The number of furan rings is 1. The monoisotopic (exact) mass is 467 g/mol. The fourth-order valence-electron chi connectivity index (χ4n) is 3.91. The van der Waals surface area contributed by atoms with Gasteiger partial charge in [0.25, 0.3) is 11.6 Å². The van der Waals surface area contributed by atoms with Crippen LogP contribution < -0.4 is 10.9 Å². The first-order chi connectivity index (χ1) is 16.2. The molecule has 9 nitrogen and oxygen atoms in total. The summed E-state index contributed by atoms with van der Waals surface area (Å²) < 4.78 is 11.2. The van der Waals surface area contributed by atoms with E-state index < -0.39 is 11.8 Å². The van der Waals surface area contributed by atoms with Crippen molar-refractivity contribution < 1.29 is 18.5 Å². The molecule has 3 aromatic rings. The fourth-order valence-corrected chi connectivity index (χ4v) is 3.91. The van der Waals surface area contributed by atoms with Gasteiger partial charge in [0, 0.05) is 11.6 Å². The van der Waals surface area contributed by atoms with Gasteiger partial charge in [-0.05, 0) is 56.0 Å².